The lowest BCUT2D eigenvalue weighted by molar-refractivity contribution is 0.315. The number of aromatic hydroxyl groups is 1. The van der Waals surface area contributed by atoms with E-state index in [1.54, 1.807) is 4.98 Å². The summed E-state index contributed by atoms with van der Waals surface area (Å²) in [5, 5.41) is 9.30. The highest BCUT2D eigenvalue weighted by molar-refractivity contribution is 5.17. The molecule has 1 heterocycles. The first-order chi connectivity index (χ1) is 6.81. The van der Waals surface area contributed by atoms with Crippen molar-refractivity contribution >= 4 is 0 Å². The summed E-state index contributed by atoms with van der Waals surface area (Å²) in [4.78, 5) is 23.8. The van der Waals surface area contributed by atoms with E-state index in [-0.39, 0.29) is 0 Å². The van der Waals surface area contributed by atoms with E-state index < -0.39 is 28.5 Å². The fourth-order valence-electron chi connectivity index (χ4n) is 1.09. The molecule has 0 spiro atoms. The summed E-state index contributed by atoms with van der Waals surface area (Å²) in [6.45, 7) is 2.84. The normalized spacial score (nSPS) is 11.1. The number of halogens is 1. The summed E-state index contributed by atoms with van der Waals surface area (Å²) in [6.07, 6.45) is 5.13. The van der Waals surface area contributed by atoms with E-state index in [2.05, 4.69) is 5.92 Å². The molecule has 0 saturated heterocycles. The molecule has 0 atom stereocenters. The molecule has 1 aromatic rings. The first kappa shape index (κ1) is 11.0. The number of terminal acetylenes is 1. The van der Waals surface area contributed by atoms with E-state index in [9.17, 15) is 19.1 Å². The van der Waals surface area contributed by atoms with Crippen molar-refractivity contribution in [1.82, 2.24) is 9.55 Å². The summed E-state index contributed by atoms with van der Waals surface area (Å²) < 4.78 is 13.6. The first-order valence-electron chi connectivity index (χ1n) is 4.03. The molecular weight excluding hydrogens is 203 g/mol. The van der Waals surface area contributed by atoms with Crippen molar-refractivity contribution < 1.29 is 9.50 Å². The van der Waals surface area contributed by atoms with Gasteiger partial charge in [-0.25, -0.2) is 9.36 Å². The molecule has 15 heavy (non-hydrogen) atoms. The monoisotopic (exact) mass is 212 g/mol. The first-order valence-corrected chi connectivity index (χ1v) is 4.03. The van der Waals surface area contributed by atoms with Crippen molar-refractivity contribution in [2.45, 2.75) is 19.4 Å². The van der Waals surface area contributed by atoms with Gasteiger partial charge >= 0.3 is 5.69 Å². The molecule has 0 radical (unpaired) electrons. The quantitative estimate of drug-likeness (QED) is 0.630. The predicted octanol–water partition coefficient (Wildman–Crippen LogP) is -0.250. The summed E-state index contributed by atoms with van der Waals surface area (Å²) in [7, 11) is 0. The van der Waals surface area contributed by atoms with Gasteiger partial charge in [-0.1, -0.05) is 5.92 Å². The average molecular weight is 212 g/mol. The Morgan fingerprint density at radius 3 is 2.53 bits per heavy atom. The zero-order valence-corrected chi connectivity index (χ0v) is 8.17. The van der Waals surface area contributed by atoms with Crippen LogP contribution in [0, 0.1) is 18.2 Å². The second-order valence-corrected chi connectivity index (χ2v) is 3.44. The van der Waals surface area contributed by atoms with E-state index in [1.165, 1.54) is 13.8 Å². The number of hydrogen-bond donors (Lipinski definition) is 2. The Bertz CT molecular complexity index is 548. The van der Waals surface area contributed by atoms with Gasteiger partial charge in [0.2, 0.25) is 11.7 Å². The molecule has 1 rings (SSSR count). The topological polar surface area (TPSA) is 75.1 Å². The third-order valence-electron chi connectivity index (χ3n) is 1.94. The molecular formula is C9H9FN2O3. The predicted molar refractivity (Wildman–Crippen MR) is 51.1 cm³/mol. The highest BCUT2D eigenvalue weighted by Crippen LogP contribution is 2.18. The number of rotatable bonds is 1. The van der Waals surface area contributed by atoms with Crippen LogP contribution in [-0.4, -0.2) is 14.7 Å². The van der Waals surface area contributed by atoms with Crippen LogP contribution in [0.25, 0.3) is 0 Å². The zero-order chi connectivity index (χ0) is 11.8. The lowest BCUT2D eigenvalue weighted by Gasteiger charge is -2.21. The van der Waals surface area contributed by atoms with E-state index in [1.807, 2.05) is 0 Å². The van der Waals surface area contributed by atoms with Crippen molar-refractivity contribution in [3.8, 4) is 18.2 Å². The van der Waals surface area contributed by atoms with Crippen molar-refractivity contribution in [2.24, 2.45) is 0 Å². The second kappa shape index (κ2) is 3.28. The van der Waals surface area contributed by atoms with Crippen molar-refractivity contribution in [3.63, 3.8) is 0 Å². The Morgan fingerprint density at radius 2 is 2.07 bits per heavy atom. The van der Waals surface area contributed by atoms with E-state index in [0.29, 0.717) is 4.57 Å². The van der Waals surface area contributed by atoms with Gasteiger partial charge in [-0.15, -0.1) is 6.42 Å². The third-order valence-corrected chi connectivity index (χ3v) is 1.94. The summed E-state index contributed by atoms with van der Waals surface area (Å²) in [5.41, 5.74) is -3.46. The van der Waals surface area contributed by atoms with Crippen LogP contribution in [0.2, 0.25) is 0 Å². The van der Waals surface area contributed by atoms with Crippen LogP contribution in [-0.2, 0) is 5.54 Å². The van der Waals surface area contributed by atoms with Gasteiger partial charge in [0.15, 0.2) is 0 Å². The Kier molecular flexibility index (Phi) is 2.41. The van der Waals surface area contributed by atoms with Gasteiger partial charge in [-0.3, -0.25) is 9.78 Å². The SMILES string of the molecule is C#CC(C)(C)n1c(O)c(F)c(=O)[nH]c1=O. The lowest BCUT2D eigenvalue weighted by atomic mass is 10.1. The van der Waals surface area contributed by atoms with E-state index in [0.717, 1.165) is 0 Å². The molecule has 0 aromatic carbocycles. The van der Waals surface area contributed by atoms with E-state index in [4.69, 9.17) is 6.42 Å². The van der Waals surface area contributed by atoms with Crippen LogP contribution in [0.4, 0.5) is 4.39 Å². The van der Waals surface area contributed by atoms with E-state index >= 15 is 0 Å². The molecule has 0 aliphatic carbocycles. The largest absolute Gasteiger partial charge is 0.492 e. The molecule has 0 aliphatic rings. The van der Waals surface area contributed by atoms with Gasteiger partial charge in [0.1, 0.15) is 5.54 Å². The minimum Gasteiger partial charge on any atom is -0.492 e. The number of nitrogens with zero attached hydrogens (tertiary/aromatic N) is 1. The number of H-pyrrole nitrogens is 1. The fourth-order valence-corrected chi connectivity index (χ4v) is 1.09. The molecule has 2 N–H and O–H groups in total. The average Bonchev–Trinajstić information content (AvgIpc) is 2.14. The Morgan fingerprint density at radius 1 is 1.53 bits per heavy atom. The fraction of sp³-hybridized carbons (Fsp3) is 0.333. The van der Waals surface area contributed by atoms with Gasteiger partial charge in [0.05, 0.1) is 0 Å². The lowest BCUT2D eigenvalue weighted by Crippen LogP contribution is -2.40. The van der Waals surface area contributed by atoms with Crippen LogP contribution in [0.15, 0.2) is 9.59 Å². The summed E-state index contributed by atoms with van der Waals surface area (Å²) in [5.74, 6) is -0.296. The van der Waals surface area contributed by atoms with Crippen LogP contribution in [0.1, 0.15) is 13.8 Å². The molecule has 0 aliphatic heterocycles. The van der Waals surface area contributed by atoms with Crippen LogP contribution in [0.5, 0.6) is 5.88 Å². The maximum Gasteiger partial charge on any atom is 0.332 e. The number of aromatic amines is 1. The minimum atomic E-state index is -1.43. The molecule has 0 unspecified atom stereocenters. The van der Waals surface area contributed by atoms with Gasteiger partial charge in [-0.2, -0.15) is 4.39 Å². The minimum absolute atomic E-state index is 0.601. The van der Waals surface area contributed by atoms with Crippen LogP contribution < -0.4 is 11.2 Å². The maximum absolute atomic E-state index is 13.0. The molecule has 6 heteroatoms. The molecule has 80 valence electrons. The van der Waals surface area contributed by atoms with Gasteiger partial charge in [0.25, 0.3) is 5.56 Å². The molecule has 5 nitrogen and oxygen atoms in total. The number of aromatic nitrogens is 2. The van der Waals surface area contributed by atoms with Gasteiger partial charge < -0.3 is 5.11 Å². The molecule has 0 fully saturated rings. The Balaban J connectivity index is 3.74. The zero-order valence-electron chi connectivity index (χ0n) is 8.17. The van der Waals surface area contributed by atoms with Crippen LogP contribution in [0.3, 0.4) is 0 Å². The Labute approximate surface area is 84.2 Å². The third kappa shape index (κ3) is 1.64. The molecule has 0 bridgehead atoms. The molecule has 1 aromatic heterocycles. The number of nitrogens with one attached hydrogen (secondary N) is 1. The Hall–Kier alpha value is -2.03. The van der Waals surface area contributed by atoms with Crippen molar-refractivity contribution in [3.05, 3.63) is 26.7 Å². The smallest absolute Gasteiger partial charge is 0.332 e. The number of hydrogen-bond acceptors (Lipinski definition) is 3. The molecule has 0 saturated carbocycles. The maximum atomic E-state index is 13.0. The highest BCUT2D eigenvalue weighted by Gasteiger charge is 2.25. The van der Waals surface area contributed by atoms with Crippen molar-refractivity contribution in [1.29, 1.82) is 0 Å². The van der Waals surface area contributed by atoms with Gasteiger partial charge in [0, 0.05) is 0 Å². The van der Waals surface area contributed by atoms with Crippen molar-refractivity contribution in [2.75, 3.05) is 0 Å². The summed E-state index contributed by atoms with van der Waals surface area (Å²) >= 11 is 0. The highest BCUT2D eigenvalue weighted by atomic mass is 19.1. The standard InChI is InChI=1S/C9H9FN2O3/c1-4-9(2,3)12-7(14)5(10)6(13)11-8(12)15/h1,14H,2-3H3,(H,11,13,15). The second-order valence-electron chi connectivity index (χ2n) is 3.44. The summed E-state index contributed by atoms with van der Waals surface area (Å²) in [6, 6.07) is 0. The molecule has 0 amide bonds. The van der Waals surface area contributed by atoms with Crippen LogP contribution >= 0.6 is 0 Å². The van der Waals surface area contributed by atoms with Gasteiger partial charge in [-0.05, 0) is 13.8 Å².